The molecule has 0 bridgehead atoms. The third-order valence-corrected chi connectivity index (χ3v) is 3.73. The van der Waals surface area contributed by atoms with Gasteiger partial charge in [-0.3, -0.25) is 4.79 Å². The summed E-state index contributed by atoms with van der Waals surface area (Å²) in [5.41, 5.74) is 0. The van der Waals surface area contributed by atoms with Gasteiger partial charge in [0.1, 0.15) is 0 Å². The van der Waals surface area contributed by atoms with Crippen molar-refractivity contribution < 1.29 is 18.3 Å². The largest absolute Gasteiger partial charge is 0.481 e. The van der Waals surface area contributed by atoms with E-state index < -0.39 is 16.0 Å². The van der Waals surface area contributed by atoms with Crippen molar-refractivity contribution in [1.82, 2.24) is 10.0 Å². The summed E-state index contributed by atoms with van der Waals surface area (Å²) in [5.74, 6) is -1.09. The molecule has 1 fully saturated rings. The first-order chi connectivity index (χ1) is 7.49. The van der Waals surface area contributed by atoms with Gasteiger partial charge in [0.2, 0.25) is 10.0 Å². The van der Waals surface area contributed by atoms with Gasteiger partial charge in [-0.25, -0.2) is 13.1 Å². The lowest BCUT2D eigenvalue weighted by molar-refractivity contribution is -0.137. The van der Waals surface area contributed by atoms with Crippen LogP contribution in [0.2, 0.25) is 0 Å². The van der Waals surface area contributed by atoms with Crippen LogP contribution in [0, 0.1) is 0 Å². The maximum Gasteiger partial charge on any atom is 0.303 e. The molecule has 3 N–H and O–H groups in total. The summed E-state index contributed by atoms with van der Waals surface area (Å²) in [6, 6.07) is 0.566. The summed E-state index contributed by atoms with van der Waals surface area (Å²) in [5, 5.41) is 11.5. The van der Waals surface area contributed by atoms with E-state index in [4.69, 9.17) is 5.11 Å². The van der Waals surface area contributed by atoms with Crippen LogP contribution in [0.25, 0.3) is 0 Å². The van der Waals surface area contributed by atoms with Crippen LogP contribution in [0.15, 0.2) is 0 Å². The molecule has 0 radical (unpaired) electrons. The average Bonchev–Trinajstić information content (AvgIpc) is 2.95. The van der Waals surface area contributed by atoms with E-state index in [2.05, 4.69) is 10.0 Å². The van der Waals surface area contributed by atoms with Gasteiger partial charge in [0, 0.05) is 25.6 Å². The van der Waals surface area contributed by atoms with Gasteiger partial charge in [-0.15, -0.1) is 0 Å². The molecule has 6 nitrogen and oxygen atoms in total. The number of carboxylic acid groups (broad SMARTS) is 1. The molecule has 0 unspecified atom stereocenters. The van der Waals surface area contributed by atoms with Crippen LogP contribution < -0.4 is 10.0 Å². The van der Waals surface area contributed by atoms with Gasteiger partial charge < -0.3 is 10.4 Å². The number of sulfonamides is 1. The highest BCUT2D eigenvalue weighted by molar-refractivity contribution is 7.89. The van der Waals surface area contributed by atoms with Crippen LogP contribution >= 0.6 is 0 Å². The van der Waals surface area contributed by atoms with Crippen molar-refractivity contribution in [3.63, 3.8) is 0 Å². The second-order valence-electron chi connectivity index (χ2n) is 3.94. The molecule has 0 aliphatic heterocycles. The summed E-state index contributed by atoms with van der Waals surface area (Å²) < 4.78 is 25.1. The zero-order valence-electron chi connectivity index (χ0n) is 9.11. The molecular weight excluding hydrogens is 232 g/mol. The van der Waals surface area contributed by atoms with Gasteiger partial charge in [0.05, 0.1) is 5.75 Å². The van der Waals surface area contributed by atoms with Crippen molar-refractivity contribution in [1.29, 1.82) is 0 Å². The zero-order valence-corrected chi connectivity index (χ0v) is 9.92. The van der Waals surface area contributed by atoms with Crippen molar-refractivity contribution >= 4 is 16.0 Å². The molecule has 0 heterocycles. The molecule has 1 aliphatic rings. The smallest absolute Gasteiger partial charge is 0.303 e. The van der Waals surface area contributed by atoms with E-state index >= 15 is 0 Å². The lowest BCUT2D eigenvalue weighted by atomic mass is 10.3. The van der Waals surface area contributed by atoms with Crippen LogP contribution in [0.1, 0.15) is 25.7 Å². The SMILES string of the molecule is O=C(O)CCCS(=O)(=O)NCCNC1CC1. The molecule has 94 valence electrons. The molecule has 0 atom stereocenters. The summed E-state index contributed by atoms with van der Waals surface area (Å²) in [6.45, 7) is 0.995. The first-order valence-corrected chi connectivity index (χ1v) is 7.07. The molecule has 0 aromatic rings. The minimum absolute atomic E-state index is 0.110. The van der Waals surface area contributed by atoms with Crippen molar-refractivity contribution in [2.75, 3.05) is 18.8 Å². The third-order valence-electron chi connectivity index (χ3n) is 2.26. The molecule has 0 saturated heterocycles. The quantitative estimate of drug-likeness (QED) is 0.480. The Bertz CT molecular complexity index is 324. The first-order valence-electron chi connectivity index (χ1n) is 5.42. The van der Waals surface area contributed by atoms with E-state index in [9.17, 15) is 13.2 Å². The molecule has 0 aromatic carbocycles. The van der Waals surface area contributed by atoms with Crippen molar-refractivity contribution in [3.8, 4) is 0 Å². The number of carbonyl (C=O) groups is 1. The maximum atomic E-state index is 11.3. The zero-order chi connectivity index (χ0) is 12.0. The number of aliphatic carboxylic acids is 1. The molecule has 1 rings (SSSR count). The number of carboxylic acids is 1. The highest BCUT2D eigenvalue weighted by Gasteiger charge is 2.19. The summed E-state index contributed by atoms with van der Waals surface area (Å²) >= 11 is 0. The van der Waals surface area contributed by atoms with Gasteiger partial charge >= 0.3 is 5.97 Å². The number of nitrogens with one attached hydrogen (secondary N) is 2. The summed E-state index contributed by atoms with van der Waals surface area (Å²) in [7, 11) is -3.31. The molecule has 1 aliphatic carbocycles. The predicted molar refractivity (Wildman–Crippen MR) is 59.7 cm³/mol. The normalized spacial score (nSPS) is 16.2. The first kappa shape index (κ1) is 13.4. The average molecular weight is 250 g/mol. The molecule has 0 aromatic heterocycles. The Balaban J connectivity index is 2.04. The molecule has 0 spiro atoms. The monoisotopic (exact) mass is 250 g/mol. The van der Waals surface area contributed by atoms with E-state index in [1.54, 1.807) is 0 Å². The van der Waals surface area contributed by atoms with E-state index in [-0.39, 0.29) is 18.6 Å². The Labute approximate surface area is 95.5 Å². The standard InChI is InChI=1S/C9H18N2O4S/c12-9(13)2-1-7-16(14,15)11-6-5-10-8-3-4-8/h8,10-11H,1-7H2,(H,12,13). The Morgan fingerprint density at radius 3 is 2.56 bits per heavy atom. The molecule has 16 heavy (non-hydrogen) atoms. The molecule has 1 saturated carbocycles. The van der Waals surface area contributed by atoms with Gasteiger partial charge in [-0.1, -0.05) is 0 Å². The van der Waals surface area contributed by atoms with E-state index in [0.717, 1.165) is 0 Å². The van der Waals surface area contributed by atoms with Crippen molar-refractivity contribution in [2.45, 2.75) is 31.7 Å². The lowest BCUT2D eigenvalue weighted by Gasteiger charge is -2.06. The lowest BCUT2D eigenvalue weighted by Crippen LogP contribution is -2.34. The van der Waals surface area contributed by atoms with Gasteiger partial charge in [0.25, 0.3) is 0 Å². The predicted octanol–water partition coefficient (Wildman–Crippen LogP) is -0.477. The summed E-state index contributed by atoms with van der Waals surface area (Å²) in [4.78, 5) is 10.2. The van der Waals surface area contributed by atoms with Gasteiger partial charge in [0.15, 0.2) is 0 Å². The molecular formula is C9H18N2O4S. The maximum absolute atomic E-state index is 11.3. The van der Waals surface area contributed by atoms with Crippen LogP contribution in [0.5, 0.6) is 0 Å². The van der Waals surface area contributed by atoms with Crippen molar-refractivity contribution in [3.05, 3.63) is 0 Å². The Morgan fingerprint density at radius 1 is 1.31 bits per heavy atom. The fourth-order valence-electron chi connectivity index (χ4n) is 1.26. The Hall–Kier alpha value is -0.660. The minimum atomic E-state index is -3.31. The highest BCUT2D eigenvalue weighted by Crippen LogP contribution is 2.17. The van der Waals surface area contributed by atoms with Gasteiger partial charge in [-0.05, 0) is 19.3 Å². The number of hydrogen-bond donors (Lipinski definition) is 3. The van der Waals surface area contributed by atoms with Crippen LogP contribution in [0.4, 0.5) is 0 Å². The fraction of sp³-hybridized carbons (Fsp3) is 0.889. The minimum Gasteiger partial charge on any atom is -0.481 e. The van der Waals surface area contributed by atoms with Crippen molar-refractivity contribution in [2.24, 2.45) is 0 Å². The van der Waals surface area contributed by atoms with Crippen LogP contribution in [-0.2, 0) is 14.8 Å². The van der Waals surface area contributed by atoms with Crippen LogP contribution in [-0.4, -0.2) is 44.4 Å². The van der Waals surface area contributed by atoms with E-state index in [0.29, 0.717) is 19.1 Å². The number of hydrogen-bond acceptors (Lipinski definition) is 4. The second kappa shape index (κ2) is 6.17. The number of rotatable bonds is 9. The Morgan fingerprint density at radius 2 is 2.00 bits per heavy atom. The molecule has 0 amide bonds. The topological polar surface area (TPSA) is 95.5 Å². The molecule has 7 heteroatoms. The third kappa shape index (κ3) is 6.76. The summed E-state index contributed by atoms with van der Waals surface area (Å²) in [6.07, 6.45) is 2.39. The fourth-order valence-corrected chi connectivity index (χ4v) is 2.34. The highest BCUT2D eigenvalue weighted by atomic mass is 32.2. The van der Waals surface area contributed by atoms with Crippen LogP contribution in [0.3, 0.4) is 0 Å². The second-order valence-corrected chi connectivity index (χ2v) is 5.87. The van der Waals surface area contributed by atoms with Gasteiger partial charge in [-0.2, -0.15) is 0 Å². The van der Waals surface area contributed by atoms with E-state index in [1.165, 1.54) is 12.8 Å². The Kier molecular flexibility index (Phi) is 5.17. The van der Waals surface area contributed by atoms with E-state index in [1.807, 2.05) is 0 Å².